The minimum Gasteiger partial charge on any atom is -0.481 e. The lowest BCUT2D eigenvalue weighted by molar-refractivity contribution is -0.187. The second kappa shape index (κ2) is 6.58. The monoisotopic (exact) mass is 398 g/mol. The molecule has 1 fully saturated rings. The van der Waals surface area contributed by atoms with Crippen molar-refractivity contribution in [2.75, 3.05) is 27.2 Å². The molecular weight excluding hydrogens is 381 g/mol. The Kier molecular flexibility index (Phi) is 5.12. The maximum atomic E-state index is 13.0. The summed E-state index contributed by atoms with van der Waals surface area (Å²) in [5, 5.41) is 8.48. The van der Waals surface area contributed by atoms with Crippen LogP contribution in [0, 0.1) is 18.8 Å². The number of alkyl halides is 3. The van der Waals surface area contributed by atoms with Crippen LogP contribution in [-0.2, 0) is 14.8 Å². The first kappa shape index (κ1) is 20.2. The van der Waals surface area contributed by atoms with Crippen LogP contribution in [-0.4, -0.2) is 68.0 Å². The van der Waals surface area contributed by atoms with Crippen LogP contribution < -0.4 is 0 Å². The number of carboxylic acids is 1. The maximum Gasteiger partial charge on any atom is 0.394 e. The van der Waals surface area contributed by atoms with E-state index in [-0.39, 0.29) is 11.3 Å². The lowest BCUT2D eigenvalue weighted by atomic mass is 9.96. The van der Waals surface area contributed by atoms with Crippen LogP contribution in [0.3, 0.4) is 0 Å². The molecule has 1 saturated heterocycles. The first-order valence-corrected chi connectivity index (χ1v) is 8.82. The summed E-state index contributed by atoms with van der Waals surface area (Å²) in [6, 6.07) is 0.934. The van der Waals surface area contributed by atoms with E-state index in [0.29, 0.717) is 0 Å². The quantitative estimate of drug-likeness (QED) is 0.816. The molecule has 0 bridgehead atoms. The fraction of sp³-hybridized carbons (Fsp3) is 0.571. The van der Waals surface area contributed by atoms with Crippen LogP contribution in [0.4, 0.5) is 13.2 Å². The standard InChI is InChI=1S/C14H17F3N2O6S/c1-7-8(4-11(25-7)26(23,24)18(2)3)12(20)19-5-9(13(21)22)10(6-19)14(15,16)17/h4,9-10H,5-6H2,1-3H3,(H,21,22)/t9-,10-/m1/s1. The molecule has 0 aliphatic carbocycles. The lowest BCUT2D eigenvalue weighted by Crippen LogP contribution is -2.34. The number of sulfonamides is 1. The van der Waals surface area contributed by atoms with Crippen molar-refractivity contribution in [3.8, 4) is 0 Å². The zero-order valence-electron chi connectivity index (χ0n) is 14.1. The number of furan rings is 1. The summed E-state index contributed by atoms with van der Waals surface area (Å²) >= 11 is 0. The predicted molar refractivity (Wildman–Crippen MR) is 80.9 cm³/mol. The average Bonchev–Trinajstić information content (AvgIpc) is 3.10. The van der Waals surface area contributed by atoms with Gasteiger partial charge in [0.05, 0.1) is 17.4 Å². The Labute approximate surface area is 147 Å². The number of amides is 1. The van der Waals surface area contributed by atoms with Crippen LogP contribution >= 0.6 is 0 Å². The molecule has 8 nitrogen and oxygen atoms in total. The Hall–Kier alpha value is -2.08. The highest BCUT2D eigenvalue weighted by Gasteiger charge is 2.53. The molecule has 2 atom stereocenters. The van der Waals surface area contributed by atoms with Crippen molar-refractivity contribution in [3.63, 3.8) is 0 Å². The van der Waals surface area contributed by atoms with E-state index in [1.54, 1.807) is 0 Å². The van der Waals surface area contributed by atoms with Gasteiger partial charge in [0.25, 0.3) is 15.9 Å². The Balaban J connectivity index is 2.33. The number of likely N-dealkylation sites (tertiary alicyclic amines) is 1. The number of carbonyl (C=O) groups is 2. The molecule has 0 aromatic carbocycles. The van der Waals surface area contributed by atoms with E-state index in [2.05, 4.69) is 0 Å². The normalized spacial score (nSPS) is 21.4. The van der Waals surface area contributed by atoms with Crippen molar-refractivity contribution in [1.29, 1.82) is 0 Å². The average molecular weight is 398 g/mol. The van der Waals surface area contributed by atoms with E-state index >= 15 is 0 Å². The highest BCUT2D eigenvalue weighted by atomic mass is 32.2. The first-order valence-electron chi connectivity index (χ1n) is 7.38. The molecule has 1 aliphatic heterocycles. The Morgan fingerprint density at radius 3 is 2.31 bits per heavy atom. The van der Waals surface area contributed by atoms with E-state index in [0.717, 1.165) is 15.3 Å². The Morgan fingerprint density at radius 2 is 1.88 bits per heavy atom. The van der Waals surface area contributed by atoms with Gasteiger partial charge in [-0.1, -0.05) is 0 Å². The van der Waals surface area contributed by atoms with Gasteiger partial charge in [-0.05, 0) is 6.92 Å². The van der Waals surface area contributed by atoms with Gasteiger partial charge in [0.2, 0.25) is 5.09 Å². The number of nitrogens with zero attached hydrogens (tertiary/aromatic N) is 2. The number of carbonyl (C=O) groups excluding carboxylic acids is 1. The van der Waals surface area contributed by atoms with Gasteiger partial charge in [-0.25, -0.2) is 12.7 Å². The van der Waals surface area contributed by atoms with E-state index in [1.807, 2.05) is 0 Å². The van der Waals surface area contributed by atoms with Crippen molar-refractivity contribution in [2.24, 2.45) is 11.8 Å². The minimum atomic E-state index is -4.77. The summed E-state index contributed by atoms with van der Waals surface area (Å²) in [5.41, 5.74) is -0.225. The molecule has 0 radical (unpaired) electrons. The van der Waals surface area contributed by atoms with E-state index in [4.69, 9.17) is 9.52 Å². The number of rotatable bonds is 4. The van der Waals surface area contributed by atoms with Crippen molar-refractivity contribution >= 4 is 21.9 Å². The molecule has 146 valence electrons. The third-order valence-corrected chi connectivity index (χ3v) is 5.88. The van der Waals surface area contributed by atoms with Gasteiger partial charge in [0, 0.05) is 33.3 Å². The fourth-order valence-electron chi connectivity index (χ4n) is 2.70. The van der Waals surface area contributed by atoms with E-state index in [9.17, 15) is 31.2 Å². The third kappa shape index (κ3) is 3.56. The van der Waals surface area contributed by atoms with E-state index < -0.39 is 58.1 Å². The number of hydrogen-bond acceptors (Lipinski definition) is 5. The van der Waals surface area contributed by atoms with Gasteiger partial charge in [-0.3, -0.25) is 9.59 Å². The van der Waals surface area contributed by atoms with Crippen molar-refractivity contribution in [2.45, 2.75) is 18.2 Å². The summed E-state index contributed by atoms with van der Waals surface area (Å²) in [6.45, 7) is -0.147. The maximum absolute atomic E-state index is 13.0. The second-order valence-corrected chi connectivity index (χ2v) is 8.21. The number of hydrogen-bond donors (Lipinski definition) is 1. The second-order valence-electron chi connectivity index (χ2n) is 6.13. The van der Waals surface area contributed by atoms with Gasteiger partial charge in [-0.2, -0.15) is 13.2 Å². The molecule has 1 N–H and O–H groups in total. The Morgan fingerprint density at radius 1 is 1.31 bits per heavy atom. The van der Waals surface area contributed by atoms with Crippen LogP contribution in [0.15, 0.2) is 15.6 Å². The molecule has 1 aromatic rings. The number of carboxylic acid groups (broad SMARTS) is 1. The van der Waals surface area contributed by atoms with Crippen LogP contribution in [0.5, 0.6) is 0 Å². The number of aryl methyl sites for hydroxylation is 1. The summed E-state index contributed by atoms with van der Waals surface area (Å²) < 4.78 is 69.1. The first-order chi connectivity index (χ1) is 11.8. The number of halogens is 3. The Bertz CT molecular complexity index is 830. The molecule has 0 unspecified atom stereocenters. The third-order valence-electron chi connectivity index (χ3n) is 4.21. The van der Waals surface area contributed by atoms with Crippen LogP contribution in [0.25, 0.3) is 0 Å². The molecule has 1 amide bonds. The summed E-state index contributed by atoms with van der Waals surface area (Å²) in [6.07, 6.45) is -4.77. The molecule has 1 aliphatic rings. The molecule has 2 rings (SSSR count). The molecule has 26 heavy (non-hydrogen) atoms. The summed E-state index contributed by atoms with van der Waals surface area (Å²) in [5.74, 6) is -6.62. The highest BCUT2D eigenvalue weighted by molar-refractivity contribution is 7.88. The van der Waals surface area contributed by atoms with Gasteiger partial charge >= 0.3 is 12.1 Å². The highest BCUT2D eigenvalue weighted by Crippen LogP contribution is 2.38. The number of aliphatic carboxylic acids is 1. The molecule has 1 aromatic heterocycles. The molecule has 0 spiro atoms. The largest absolute Gasteiger partial charge is 0.481 e. The lowest BCUT2D eigenvalue weighted by Gasteiger charge is -2.18. The van der Waals surface area contributed by atoms with Crippen LogP contribution in [0.2, 0.25) is 0 Å². The zero-order chi connectivity index (χ0) is 20.0. The summed E-state index contributed by atoms with van der Waals surface area (Å²) in [4.78, 5) is 24.4. The van der Waals surface area contributed by atoms with E-state index in [1.165, 1.54) is 21.0 Å². The smallest absolute Gasteiger partial charge is 0.394 e. The molecular formula is C14H17F3N2O6S. The van der Waals surface area contributed by atoms with Crippen molar-refractivity contribution in [1.82, 2.24) is 9.21 Å². The van der Waals surface area contributed by atoms with Gasteiger partial charge in [0.15, 0.2) is 0 Å². The van der Waals surface area contributed by atoms with Crippen LogP contribution in [0.1, 0.15) is 16.1 Å². The SMILES string of the molecule is Cc1oc(S(=O)(=O)N(C)C)cc1C(=O)N1C[C@@H](C(F)(F)F)[C@H](C(=O)O)C1. The van der Waals surface area contributed by atoms with Crippen molar-refractivity contribution < 1.29 is 40.7 Å². The molecule has 0 saturated carbocycles. The van der Waals surface area contributed by atoms with Gasteiger partial charge in [-0.15, -0.1) is 0 Å². The topological polar surface area (TPSA) is 108 Å². The van der Waals surface area contributed by atoms with Gasteiger partial charge in [0.1, 0.15) is 5.76 Å². The molecule has 12 heteroatoms. The van der Waals surface area contributed by atoms with Gasteiger partial charge < -0.3 is 14.4 Å². The predicted octanol–water partition coefficient (Wildman–Crippen LogP) is 1.17. The van der Waals surface area contributed by atoms with Crippen molar-refractivity contribution in [3.05, 3.63) is 17.4 Å². The minimum absolute atomic E-state index is 0.0854. The zero-order valence-corrected chi connectivity index (χ0v) is 14.9. The summed E-state index contributed by atoms with van der Waals surface area (Å²) in [7, 11) is -1.47. The fourth-order valence-corrected chi connectivity index (χ4v) is 3.55. The molecule has 2 heterocycles.